The highest BCUT2D eigenvalue weighted by atomic mass is 79.9. The summed E-state index contributed by atoms with van der Waals surface area (Å²) in [5.41, 5.74) is 21.6. The van der Waals surface area contributed by atoms with E-state index in [9.17, 15) is 34.5 Å². The monoisotopic (exact) mass is 2030 g/mol. The minimum absolute atomic E-state index is 0.0208. The van der Waals surface area contributed by atoms with Crippen LogP contribution < -0.4 is 15.4 Å². The second-order valence-corrected chi connectivity index (χ2v) is 37.4. The predicted molar refractivity (Wildman–Crippen MR) is 525 cm³/mol. The first-order valence-corrected chi connectivity index (χ1v) is 47.8. The third-order valence-electron chi connectivity index (χ3n) is 25.0. The van der Waals surface area contributed by atoms with Crippen LogP contribution in [-0.4, -0.2) is 138 Å². The molecule has 4 amide bonds. The lowest BCUT2D eigenvalue weighted by Crippen LogP contribution is -2.49. The molecule has 1 aliphatic carbocycles. The number of nitrogens with one attached hydrogen (secondary N) is 7. The topological polar surface area (TPSA) is 285 Å². The Balaban J connectivity index is 0.000000115. The molecule has 30 heteroatoms. The normalized spacial score (nSPS) is 17.5. The van der Waals surface area contributed by atoms with Gasteiger partial charge in [0.1, 0.15) is 23.9 Å². The quantitative estimate of drug-likeness (QED) is 0.0197. The smallest absolute Gasteiger partial charge is 0.450 e. The Labute approximate surface area is 801 Å². The lowest BCUT2D eigenvalue weighted by Gasteiger charge is -2.37. The molecule has 10 aromatic carbocycles. The fourth-order valence-electron chi connectivity index (χ4n) is 19.2. The van der Waals surface area contributed by atoms with Crippen LogP contribution in [0.1, 0.15) is 167 Å². The van der Waals surface area contributed by atoms with E-state index in [1.54, 1.807) is 60.9 Å². The number of nitrogens with zero attached hydrogens (tertiary/aromatic N) is 5. The van der Waals surface area contributed by atoms with Gasteiger partial charge in [-0.2, -0.15) is 5.06 Å². The molecule has 1 fully saturated rings. The molecule has 1 saturated carbocycles. The van der Waals surface area contributed by atoms with E-state index in [2.05, 4.69) is 150 Å². The van der Waals surface area contributed by atoms with Crippen molar-refractivity contribution in [2.75, 3.05) is 52.5 Å². The van der Waals surface area contributed by atoms with Crippen LogP contribution in [0.5, 0.6) is 5.75 Å². The Morgan fingerprint density at radius 1 is 0.427 bits per heavy atom. The van der Waals surface area contributed by atoms with E-state index >= 15 is 0 Å². The number of hydroxylamine groups is 2. The van der Waals surface area contributed by atoms with Crippen molar-refractivity contribution in [1.29, 1.82) is 0 Å². The van der Waals surface area contributed by atoms with Crippen LogP contribution in [0.4, 0.5) is 24.9 Å². The van der Waals surface area contributed by atoms with Gasteiger partial charge in [-0.25, -0.2) is 19.2 Å². The minimum atomic E-state index is -0.754. The number of rotatable bonds is 11. The standard InChI is InChI=1S/C24H25BrClN3O.C23H23ClN2O5.C20H18ClN3O4.C17H14BrClN2.C17H15BrN2O/c25-16-9-10-21-20(14-16)19-11-12-29(24(30)27-18-7-2-1-3-8-18)23(22(19)28-21)15-5-4-6-17(26)13-15;1-3-29-22(27)26-12-11-17-18-13-15(24)7-10-19(18)25-20(17)21(26)14-5-8-16(9-6-14)31-23(28)30-4-2;1-2-28-20(25)23-9-8-15-16-11-13(21)6-7-17(16)22-18(15)19(23)12-4-3-5-14(10-12)24(26)27;18-11-4-5-15-14(9-11)13-6-7-20-16(17(13)21-15)10-2-1-3-12(19)8-10;18-12-6-7-15-14(10-12)13-8-9-20(21)17(16(13)19-15)11-4-2-1-3-5-11/h4-6,9-10,13-14,18,23,28H,1-3,7-8,11-12H2,(H,27,30);5-10,13,21,25H,3-4,11-12H2,1-2H3;3-7,10-11,19,22H,2,8-9H2,1H3;1-5,8-9,16,20-21H,6-7H2;1-7,10,17,19,21H,8-9H2. The van der Waals surface area contributed by atoms with Crippen molar-refractivity contribution in [3.05, 3.63) is 346 Å². The average molecular weight is 2030 g/mol. The number of hydrogen-bond donors (Lipinski definition) is 8. The first kappa shape index (κ1) is 91.7. The van der Waals surface area contributed by atoms with Crippen molar-refractivity contribution in [2.24, 2.45) is 0 Å². The number of fused-ring (bicyclic) bond motifs is 15. The van der Waals surface area contributed by atoms with Gasteiger partial charge in [-0.05, 0) is 249 Å². The van der Waals surface area contributed by atoms with E-state index in [1.165, 1.54) is 86.1 Å². The molecule has 23 nitrogen and oxygen atoms in total. The van der Waals surface area contributed by atoms with E-state index in [-0.39, 0.29) is 61.2 Å². The summed E-state index contributed by atoms with van der Waals surface area (Å²) in [4.78, 5) is 84.0. The van der Waals surface area contributed by atoms with Crippen molar-refractivity contribution in [3.8, 4) is 5.75 Å². The van der Waals surface area contributed by atoms with Gasteiger partial charge in [0, 0.05) is 167 Å². The van der Waals surface area contributed by atoms with E-state index in [0.717, 1.165) is 141 Å². The Morgan fingerprint density at radius 3 is 1.34 bits per heavy atom. The lowest BCUT2D eigenvalue weighted by molar-refractivity contribution is -0.384. The maximum Gasteiger partial charge on any atom is 0.513 e. The Hall–Kier alpha value is -11.1. The van der Waals surface area contributed by atoms with Gasteiger partial charge in [0.25, 0.3) is 5.69 Å². The van der Waals surface area contributed by atoms with Gasteiger partial charge in [0.05, 0.1) is 36.8 Å². The fraction of sp³-hybridized carbons (Fsp3) is 0.267. The molecule has 15 aromatic rings. The largest absolute Gasteiger partial charge is 0.513 e. The Bertz CT molecular complexity index is 6760. The molecule has 0 spiro atoms. The van der Waals surface area contributed by atoms with Crippen molar-refractivity contribution in [2.45, 2.75) is 121 Å². The maximum atomic E-state index is 13.4. The molecule has 0 radical (unpaired) electrons. The van der Waals surface area contributed by atoms with Crippen LogP contribution in [-0.2, 0) is 46.3 Å². The van der Waals surface area contributed by atoms with Crippen LogP contribution in [0.2, 0.25) is 20.1 Å². The number of aromatic amines is 5. The summed E-state index contributed by atoms with van der Waals surface area (Å²) in [6.07, 6.45) is 8.31. The zero-order valence-electron chi connectivity index (χ0n) is 71.9. The van der Waals surface area contributed by atoms with E-state index in [0.29, 0.717) is 72.0 Å². The number of halogens is 7. The number of amides is 4. The molecule has 5 aromatic heterocycles. The number of non-ortho nitro benzene ring substituents is 1. The summed E-state index contributed by atoms with van der Waals surface area (Å²) in [5.74, 6) is 0.365. The Morgan fingerprint density at radius 2 is 0.832 bits per heavy atom. The van der Waals surface area contributed by atoms with Crippen LogP contribution in [0.15, 0.2) is 232 Å². The highest BCUT2D eigenvalue weighted by Crippen LogP contribution is 2.46. The molecule has 10 heterocycles. The van der Waals surface area contributed by atoms with Crippen molar-refractivity contribution in [3.63, 3.8) is 0 Å². The van der Waals surface area contributed by atoms with Crippen molar-refractivity contribution < 1.29 is 48.3 Å². The number of aromatic nitrogens is 5. The SMILES string of the molecule is CCOC(=O)N1CCc2c([nH]c3ccc(Cl)cc23)C1c1cccc([N+](=O)[O-])c1.CCOC(=O)Oc1ccc(C2c3[nH]c4ccc(Cl)cc4c3CCN2C(=O)OCC)cc1.Clc1cccc(C2NCCc3c2[nH]c2ccc(Br)cc32)c1.O=C(NC1CCCCC1)N1CCc2c([nH]c3ccc(Br)cc23)C1c1cccc(Cl)c1.ON1CCc2c([nH]c3ccc(Br)cc23)C1c1ccccc1. The molecule has 8 N–H and O–H groups in total. The summed E-state index contributed by atoms with van der Waals surface area (Å²) in [6, 6.07) is 69.1. The lowest BCUT2D eigenvalue weighted by atomic mass is 9.92. The molecule has 0 saturated heterocycles. The van der Waals surface area contributed by atoms with Gasteiger partial charge in [0.2, 0.25) is 0 Å². The summed E-state index contributed by atoms with van der Waals surface area (Å²) in [6.45, 7) is 9.29. The van der Waals surface area contributed by atoms with Crippen molar-refractivity contribution in [1.82, 2.24) is 55.3 Å². The second-order valence-electron chi connectivity index (χ2n) is 32.9. The number of urea groups is 1. The van der Waals surface area contributed by atoms with E-state index in [1.807, 2.05) is 114 Å². The number of H-pyrrole nitrogens is 5. The number of hydrogen-bond acceptors (Lipinski definition) is 13. The highest BCUT2D eigenvalue weighted by molar-refractivity contribution is 9.11. The molecular formula is C101H95Br3Cl4N12O11. The number of nitro groups is 1. The highest BCUT2D eigenvalue weighted by Gasteiger charge is 2.41. The first-order valence-electron chi connectivity index (χ1n) is 43.9. The van der Waals surface area contributed by atoms with Crippen LogP contribution >= 0.6 is 94.2 Å². The van der Waals surface area contributed by atoms with Gasteiger partial charge < -0.3 is 64.6 Å². The first-order chi connectivity index (χ1) is 63.6. The number of carbonyl (C=O) groups is 4. The van der Waals surface area contributed by atoms with E-state index in [4.69, 9.17) is 65.4 Å². The molecule has 6 aliphatic rings. The zero-order chi connectivity index (χ0) is 91.3. The number of carbonyl (C=O) groups excluding carboxylic acids is 4. The minimum Gasteiger partial charge on any atom is -0.450 e. The van der Waals surface area contributed by atoms with Crippen LogP contribution in [0.3, 0.4) is 0 Å². The molecule has 5 aliphatic heterocycles. The number of benzene rings is 10. The van der Waals surface area contributed by atoms with Crippen LogP contribution in [0, 0.1) is 10.1 Å². The molecule has 131 heavy (non-hydrogen) atoms. The summed E-state index contributed by atoms with van der Waals surface area (Å²) in [7, 11) is 0. The average Bonchev–Trinajstić information content (AvgIpc) is 1.58. The second kappa shape index (κ2) is 40.9. The molecule has 0 bridgehead atoms. The molecule has 674 valence electrons. The van der Waals surface area contributed by atoms with Crippen molar-refractivity contribution >= 4 is 179 Å². The van der Waals surface area contributed by atoms with Gasteiger partial charge in [-0.3, -0.25) is 19.9 Å². The van der Waals surface area contributed by atoms with E-state index < -0.39 is 23.2 Å². The summed E-state index contributed by atoms with van der Waals surface area (Å²) in [5, 5.41) is 38.5. The third-order valence-corrected chi connectivity index (χ3v) is 27.4. The molecular weight excluding hydrogens is 1940 g/mol. The summed E-state index contributed by atoms with van der Waals surface area (Å²) < 4.78 is 23.8. The maximum absolute atomic E-state index is 13.4. The molecule has 5 atom stereocenters. The van der Waals surface area contributed by atoms with Gasteiger partial charge in [-0.1, -0.05) is 192 Å². The summed E-state index contributed by atoms with van der Waals surface area (Å²) >= 11 is 35.6. The van der Waals surface area contributed by atoms with Gasteiger partial charge in [0.15, 0.2) is 0 Å². The third kappa shape index (κ3) is 20.0. The molecule has 21 rings (SSSR count). The molecule has 5 unspecified atom stereocenters. The Kier molecular flexibility index (Phi) is 28.7. The zero-order valence-corrected chi connectivity index (χ0v) is 79.7. The van der Waals surface area contributed by atoms with Gasteiger partial charge in [-0.15, -0.1) is 0 Å². The number of ether oxygens (including phenoxy) is 4. The predicted octanol–water partition coefficient (Wildman–Crippen LogP) is 26.0. The fourth-order valence-corrected chi connectivity index (χ4v) is 21.0. The van der Waals surface area contributed by atoms with Gasteiger partial charge >= 0.3 is 24.4 Å². The number of nitro benzene ring substituents is 1. The van der Waals surface area contributed by atoms with Crippen LogP contribution in [0.25, 0.3) is 54.5 Å².